The zero-order valence-electron chi connectivity index (χ0n) is 12.3. The van der Waals surface area contributed by atoms with Gasteiger partial charge in [0.25, 0.3) is 0 Å². The Labute approximate surface area is 138 Å². The predicted octanol–water partition coefficient (Wildman–Crippen LogP) is 2.68. The molecular formula is C18H14NO3S-. The number of carboxylic acid groups (broad SMARTS) is 1. The fourth-order valence-electron chi connectivity index (χ4n) is 2.23. The standard InChI is InChI=1S/C18H15NO3S/c20-18(21)10-14-12-23-17(19-14)11-22-16-9-5-4-8-15(16)13-6-2-1-3-7-13/h1-9,12H,10-11H2,(H,20,21)/p-1. The highest BCUT2D eigenvalue weighted by Crippen LogP contribution is 2.30. The summed E-state index contributed by atoms with van der Waals surface area (Å²) >= 11 is 1.39. The number of nitrogens with zero attached hydrogens (tertiary/aromatic N) is 1. The molecule has 5 heteroatoms. The first-order chi connectivity index (χ1) is 11.2. The van der Waals surface area contributed by atoms with Crippen molar-refractivity contribution in [1.29, 1.82) is 0 Å². The number of ether oxygens (including phenoxy) is 1. The largest absolute Gasteiger partial charge is 0.550 e. The van der Waals surface area contributed by atoms with E-state index >= 15 is 0 Å². The van der Waals surface area contributed by atoms with Crippen LogP contribution in [0, 0.1) is 0 Å². The fraction of sp³-hybridized carbons (Fsp3) is 0.111. The second kappa shape index (κ2) is 7.07. The number of hydrogen-bond donors (Lipinski definition) is 0. The smallest absolute Gasteiger partial charge is 0.140 e. The Morgan fingerprint density at radius 1 is 1.09 bits per heavy atom. The average molecular weight is 324 g/mol. The lowest BCUT2D eigenvalue weighted by molar-refractivity contribution is -0.304. The summed E-state index contributed by atoms with van der Waals surface area (Å²) in [4.78, 5) is 14.8. The lowest BCUT2D eigenvalue weighted by atomic mass is 10.1. The summed E-state index contributed by atoms with van der Waals surface area (Å²) in [5.74, 6) is -0.354. The van der Waals surface area contributed by atoms with Crippen LogP contribution in [0.4, 0.5) is 0 Å². The molecule has 23 heavy (non-hydrogen) atoms. The van der Waals surface area contributed by atoms with E-state index in [0.29, 0.717) is 12.3 Å². The van der Waals surface area contributed by atoms with Crippen LogP contribution in [-0.2, 0) is 17.8 Å². The Hall–Kier alpha value is -2.66. The van der Waals surface area contributed by atoms with E-state index in [-0.39, 0.29) is 6.42 Å². The van der Waals surface area contributed by atoms with Crippen molar-refractivity contribution in [2.45, 2.75) is 13.0 Å². The van der Waals surface area contributed by atoms with Crippen LogP contribution < -0.4 is 9.84 Å². The molecule has 0 radical (unpaired) electrons. The number of carboxylic acids is 1. The van der Waals surface area contributed by atoms with E-state index in [1.54, 1.807) is 5.38 Å². The van der Waals surface area contributed by atoms with Crippen LogP contribution in [0.3, 0.4) is 0 Å². The average Bonchev–Trinajstić information content (AvgIpc) is 3.01. The Bertz CT molecular complexity index is 799. The van der Waals surface area contributed by atoms with Gasteiger partial charge in [-0.1, -0.05) is 48.5 Å². The van der Waals surface area contributed by atoms with E-state index in [9.17, 15) is 9.90 Å². The molecule has 0 N–H and O–H groups in total. The van der Waals surface area contributed by atoms with Crippen molar-refractivity contribution in [1.82, 2.24) is 4.98 Å². The Morgan fingerprint density at radius 3 is 2.61 bits per heavy atom. The molecular weight excluding hydrogens is 310 g/mol. The molecule has 116 valence electrons. The summed E-state index contributed by atoms with van der Waals surface area (Å²) in [5, 5.41) is 13.0. The van der Waals surface area contributed by atoms with E-state index in [2.05, 4.69) is 4.98 Å². The number of aromatic nitrogens is 1. The maximum Gasteiger partial charge on any atom is 0.140 e. The quantitative estimate of drug-likeness (QED) is 0.699. The Balaban J connectivity index is 1.74. The molecule has 1 aromatic heterocycles. The van der Waals surface area contributed by atoms with Gasteiger partial charge in [-0.3, -0.25) is 0 Å². The minimum atomic E-state index is -1.13. The highest BCUT2D eigenvalue weighted by molar-refractivity contribution is 7.09. The Morgan fingerprint density at radius 2 is 1.83 bits per heavy atom. The summed E-state index contributed by atoms with van der Waals surface area (Å²) in [6, 6.07) is 17.8. The SMILES string of the molecule is O=C([O-])Cc1csc(COc2ccccc2-c2ccccc2)n1. The molecule has 0 saturated carbocycles. The fourth-order valence-corrected chi connectivity index (χ4v) is 2.94. The van der Waals surface area contributed by atoms with Crippen molar-refractivity contribution >= 4 is 17.3 Å². The molecule has 2 aromatic carbocycles. The van der Waals surface area contributed by atoms with Gasteiger partial charge in [0.15, 0.2) is 0 Å². The van der Waals surface area contributed by atoms with Gasteiger partial charge in [0, 0.05) is 23.3 Å². The van der Waals surface area contributed by atoms with E-state index in [1.165, 1.54) is 11.3 Å². The van der Waals surface area contributed by atoms with Crippen LogP contribution in [0.2, 0.25) is 0 Å². The molecule has 0 spiro atoms. The normalized spacial score (nSPS) is 10.4. The molecule has 0 aliphatic rings. The number of para-hydroxylation sites is 1. The maximum absolute atomic E-state index is 10.6. The lowest BCUT2D eigenvalue weighted by Crippen LogP contribution is -2.24. The van der Waals surface area contributed by atoms with Crippen molar-refractivity contribution in [3.63, 3.8) is 0 Å². The first-order valence-electron chi connectivity index (χ1n) is 7.13. The number of thiazole rings is 1. The number of hydrogen-bond acceptors (Lipinski definition) is 5. The van der Waals surface area contributed by atoms with Crippen LogP contribution in [0.5, 0.6) is 5.75 Å². The maximum atomic E-state index is 10.6. The third-order valence-corrected chi connectivity index (χ3v) is 4.12. The van der Waals surface area contributed by atoms with Crippen LogP contribution >= 0.6 is 11.3 Å². The van der Waals surface area contributed by atoms with E-state index in [1.807, 2.05) is 54.6 Å². The molecule has 0 saturated heterocycles. The summed E-state index contributed by atoms with van der Waals surface area (Å²) in [6.07, 6.45) is -0.170. The van der Waals surface area contributed by atoms with Crippen molar-refractivity contribution in [2.75, 3.05) is 0 Å². The Kier molecular flexibility index (Phi) is 4.68. The van der Waals surface area contributed by atoms with Crippen LogP contribution in [0.25, 0.3) is 11.1 Å². The first-order valence-corrected chi connectivity index (χ1v) is 8.01. The van der Waals surface area contributed by atoms with E-state index in [0.717, 1.165) is 21.9 Å². The van der Waals surface area contributed by atoms with Gasteiger partial charge in [-0.15, -0.1) is 11.3 Å². The third kappa shape index (κ3) is 3.96. The molecule has 0 unspecified atom stereocenters. The predicted molar refractivity (Wildman–Crippen MR) is 87.0 cm³/mol. The van der Waals surface area contributed by atoms with Gasteiger partial charge in [-0.2, -0.15) is 0 Å². The van der Waals surface area contributed by atoms with Gasteiger partial charge >= 0.3 is 0 Å². The summed E-state index contributed by atoms with van der Waals surface area (Å²) < 4.78 is 5.88. The number of aliphatic carboxylic acids is 1. The van der Waals surface area contributed by atoms with Gasteiger partial charge in [0.2, 0.25) is 0 Å². The van der Waals surface area contributed by atoms with Crippen LogP contribution in [0.1, 0.15) is 10.7 Å². The second-order valence-electron chi connectivity index (χ2n) is 4.93. The second-order valence-corrected chi connectivity index (χ2v) is 5.87. The number of benzene rings is 2. The van der Waals surface area contributed by atoms with Crippen LogP contribution in [0.15, 0.2) is 60.0 Å². The molecule has 0 amide bonds. The van der Waals surface area contributed by atoms with E-state index < -0.39 is 5.97 Å². The van der Waals surface area contributed by atoms with Gasteiger partial charge in [0.05, 0.1) is 5.69 Å². The molecule has 0 atom stereocenters. The number of carbonyl (C=O) groups is 1. The zero-order valence-corrected chi connectivity index (χ0v) is 13.1. The number of carbonyl (C=O) groups excluding carboxylic acids is 1. The molecule has 3 rings (SSSR count). The molecule has 0 bridgehead atoms. The third-order valence-electron chi connectivity index (χ3n) is 3.25. The minimum absolute atomic E-state index is 0.170. The minimum Gasteiger partial charge on any atom is -0.550 e. The summed E-state index contributed by atoms with van der Waals surface area (Å²) in [5.41, 5.74) is 2.60. The molecule has 0 aliphatic heterocycles. The molecule has 4 nitrogen and oxygen atoms in total. The first kappa shape index (κ1) is 15.2. The topological polar surface area (TPSA) is 62.2 Å². The van der Waals surface area contributed by atoms with Gasteiger partial charge < -0.3 is 14.6 Å². The van der Waals surface area contributed by atoms with Gasteiger partial charge in [0.1, 0.15) is 17.4 Å². The van der Waals surface area contributed by atoms with E-state index in [4.69, 9.17) is 4.74 Å². The highest BCUT2D eigenvalue weighted by Gasteiger charge is 2.08. The van der Waals surface area contributed by atoms with Crippen molar-refractivity contribution in [2.24, 2.45) is 0 Å². The van der Waals surface area contributed by atoms with Gasteiger partial charge in [-0.05, 0) is 11.6 Å². The van der Waals surface area contributed by atoms with Gasteiger partial charge in [-0.25, -0.2) is 4.98 Å². The summed E-state index contributed by atoms with van der Waals surface area (Å²) in [6.45, 7) is 0.307. The molecule has 0 aliphatic carbocycles. The van der Waals surface area contributed by atoms with Crippen molar-refractivity contribution in [3.05, 3.63) is 70.7 Å². The summed E-state index contributed by atoms with van der Waals surface area (Å²) in [7, 11) is 0. The van der Waals surface area contributed by atoms with Crippen molar-refractivity contribution < 1.29 is 14.6 Å². The van der Waals surface area contributed by atoms with Crippen molar-refractivity contribution in [3.8, 4) is 16.9 Å². The monoisotopic (exact) mass is 324 g/mol. The molecule has 1 heterocycles. The van der Waals surface area contributed by atoms with Crippen LogP contribution in [-0.4, -0.2) is 11.0 Å². The molecule has 3 aromatic rings. The number of rotatable bonds is 6. The molecule has 0 fully saturated rings. The zero-order chi connectivity index (χ0) is 16.1. The highest BCUT2D eigenvalue weighted by atomic mass is 32.1. The lowest BCUT2D eigenvalue weighted by Gasteiger charge is -2.10.